The first-order valence-electron chi connectivity index (χ1n) is 7.98. The number of anilines is 2. The van der Waals surface area contributed by atoms with Gasteiger partial charge in [-0.25, -0.2) is 0 Å². The number of nitrogens with two attached hydrogens (primary N) is 1. The van der Waals surface area contributed by atoms with Crippen LogP contribution in [0.4, 0.5) is 11.4 Å². The Morgan fingerprint density at radius 3 is 2.42 bits per heavy atom. The number of aryl methyl sites for hydroxylation is 2. The number of rotatable bonds is 6. The van der Waals surface area contributed by atoms with Crippen molar-refractivity contribution in [2.75, 3.05) is 17.2 Å². The van der Waals surface area contributed by atoms with Gasteiger partial charge in [0.1, 0.15) is 0 Å². The molecule has 5 nitrogen and oxygen atoms in total. The fourth-order valence-electron chi connectivity index (χ4n) is 2.33. The van der Waals surface area contributed by atoms with Gasteiger partial charge in [-0.1, -0.05) is 23.8 Å². The number of benzene rings is 2. The van der Waals surface area contributed by atoms with Crippen molar-refractivity contribution in [1.82, 2.24) is 0 Å². The summed E-state index contributed by atoms with van der Waals surface area (Å²) in [6.45, 7) is 4.34. The summed E-state index contributed by atoms with van der Waals surface area (Å²) in [5.74, 6) is -0.322. The quantitative estimate of drug-likeness (QED) is 0.762. The molecule has 0 aromatic heterocycles. The molecule has 4 N–H and O–H groups in total. The lowest BCUT2D eigenvalue weighted by atomic mass is 10.1. The predicted octanol–water partition coefficient (Wildman–Crippen LogP) is 3.23. The van der Waals surface area contributed by atoms with E-state index in [1.165, 1.54) is 0 Å². The Labute approximate surface area is 142 Å². The molecule has 0 radical (unpaired) electrons. The molecular weight excluding hydrogens is 302 g/mol. The number of hydrogen-bond acceptors (Lipinski definition) is 3. The number of carbonyl (C=O) groups is 2. The molecule has 2 amide bonds. The smallest absolute Gasteiger partial charge is 0.255 e. The Hall–Kier alpha value is -2.66. The molecule has 0 unspecified atom stereocenters. The monoisotopic (exact) mass is 325 g/mol. The molecule has 5 heteroatoms. The van der Waals surface area contributed by atoms with Gasteiger partial charge < -0.3 is 16.4 Å². The van der Waals surface area contributed by atoms with Crippen LogP contribution in [0.25, 0.3) is 0 Å². The normalized spacial score (nSPS) is 10.3. The van der Waals surface area contributed by atoms with Crippen molar-refractivity contribution in [2.45, 2.75) is 26.7 Å². The summed E-state index contributed by atoms with van der Waals surface area (Å²) in [6.07, 6.45) is 0.984. The maximum absolute atomic E-state index is 12.4. The molecule has 0 aliphatic rings. The van der Waals surface area contributed by atoms with Crippen LogP contribution in [0.3, 0.4) is 0 Å². The minimum Gasteiger partial charge on any atom is -0.330 e. The average molecular weight is 325 g/mol. The van der Waals surface area contributed by atoms with Crippen LogP contribution in [0.1, 0.15) is 34.3 Å². The number of hydrogen-bond donors (Lipinski definition) is 3. The Bertz CT molecular complexity index is 741. The van der Waals surface area contributed by atoms with Crippen LogP contribution in [-0.4, -0.2) is 18.4 Å². The van der Waals surface area contributed by atoms with Gasteiger partial charge in [-0.05, 0) is 56.6 Å². The zero-order valence-electron chi connectivity index (χ0n) is 14.1. The highest BCUT2D eigenvalue weighted by Crippen LogP contribution is 2.24. The molecule has 2 rings (SSSR count). The van der Waals surface area contributed by atoms with E-state index in [-0.39, 0.29) is 11.8 Å². The maximum Gasteiger partial charge on any atom is 0.255 e. The van der Waals surface area contributed by atoms with E-state index < -0.39 is 0 Å². The van der Waals surface area contributed by atoms with Gasteiger partial charge in [0, 0.05) is 12.0 Å². The highest BCUT2D eigenvalue weighted by atomic mass is 16.2. The summed E-state index contributed by atoms with van der Waals surface area (Å²) >= 11 is 0. The fraction of sp³-hybridized carbons (Fsp3) is 0.263. The molecule has 2 aromatic carbocycles. The van der Waals surface area contributed by atoms with E-state index in [9.17, 15) is 9.59 Å². The van der Waals surface area contributed by atoms with Gasteiger partial charge in [0.15, 0.2) is 0 Å². The first-order chi connectivity index (χ1) is 11.5. The van der Waals surface area contributed by atoms with Crippen molar-refractivity contribution < 1.29 is 9.59 Å². The molecular formula is C19H23N3O2. The lowest BCUT2D eigenvalue weighted by molar-refractivity contribution is -0.116. The van der Waals surface area contributed by atoms with Gasteiger partial charge in [-0.2, -0.15) is 0 Å². The van der Waals surface area contributed by atoms with Gasteiger partial charge in [0.25, 0.3) is 5.91 Å². The van der Waals surface area contributed by atoms with Gasteiger partial charge >= 0.3 is 0 Å². The highest BCUT2D eigenvalue weighted by Gasteiger charge is 2.11. The molecule has 0 atom stereocenters. The van der Waals surface area contributed by atoms with Crippen molar-refractivity contribution >= 4 is 23.2 Å². The standard InChI is InChI=1S/C19H23N3O2/c1-13-5-3-6-15(11-13)19(24)22-16-9-8-14(2)12-17(16)21-18(23)7-4-10-20/h3,5-6,8-9,11-12H,4,7,10,20H2,1-2H3,(H,21,23)(H,22,24). The zero-order chi connectivity index (χ0) is 17.5. The summed E-state index contributed by atoms with van der Waals surface area (Å²) in [6, 6.07) is 12.9. The number of nitrogens with one attached hydrogen (secondary N) is 2. The summed E-state index contributed by atoms with van der Waals surface area (Å²) in [4.78, 5) is 24.4. The highest BCUT2D eigenvalue weighted by molar-refractivity contribution is 6.07. The molecule has 0 bridgehead atoms. The third-order valence-corrected chi connectivity index (χ3v) is 3.59. The van der Waals surface area contributed by atoms with Gasteiger partial charge in [0.2, 0.25) is 5.91 Å². The molecule has 0 aliphatic heterocycles. The Morgan fingerprint density at radius 1 is 0.958 bits per heavy atom. The molecule has 0 fully saturated rings. The molecule has 24 heavy (non-hydrogen) atoms. The molecule has 2 aromatic rings. The van der Waals surface area contributed by atoms with Gasteiger partial charge in [-0.15, -0.1) is 0 Å². The Balaban J connectivity index is 2.17. The second-order valence-corrected chi connectivity index (χ2v) is 5.81. The summed E-state index contributed by atoms with van der Waals surface area (Å²) in [5, 5.41) is 5.71. The van der Waals surface area contributed by atoms with Crippen LogP contribution < -0.4 is 16.4 Å². The zero-order valence-corrected chi connectivity index (χ0v) is 14.1. The van der Waals surface area contributed by atoms with Gasteiger partial charge in [0.05, 0.1) is 11.4 Å². The second-order valence-electron chi connectivity index (χ2n) is 5.81. The minimum absolute atomic E-state index is 0.114. The summed E-state index contributed by atoms with van der Waals surface area (Å²) in [7, 11) is 0. The van der Waals surface area contributed by atoms with Crippen molar-refractivity contribution in [3.05, 3.63) is 59.2 Å². The number of carbonyl (C=O) groups excluding carboxylic acids is 2. The molecule has 0 spiro atoms. The van der Waals surface area contributed by atoms with E-state index >= 15 is 0 Å². The van der Waals surface area contributed by atoms with Crippen LogP contribution >= 0.6 is 0 Å². The lowest BCUT2D eigenvalue weighted by Crippen LogP contribution is -2.17. The number of amides is 2. The molecule has 0 saturated carbocycles. The fourth-order valence-corrected chi connectivity index (χ4v) is 2.33. The van der Waals surface area contributed by atoms with E-state index in [4.69, 9.17) is 5.73 Å². The summed E-state index contributed by atoms with van der Waals surface area (Å²) in [5.41, 5.74) is 9.20. The van der Waals surface area contributed by atoms with Gasteiger partial charge in [-0.3, -0.25) is 9.59 Å². The van der Waals surface area contributed by atoms with Crippen molar-refractivity contribution in [3.8, 4) is 0 Å². The van der Waals surface area contributed by atoms with E-state index in [0.29, 0.717) is 36.3 Å². The topological polar surface area (TPSA) is 84.2 Å². The third-order valence-electron chi connectivity index (χ3n) is 3.59. The second kappa shape index (κ2) is 8.26. The Kier molecular flexibility index (Phi) is 6.09. The first-order valence-corrected chi connectivity index (χ1v) is 7.98. The van der Waals surface area contributed by atoms with Crippen LogP contribution in [-0.2, 0) is 4.79 Å². The first kappa shape index (κ1) is 17.7. The molecule has 0 aliphatic carbocycles. The predicted molar refractivity (Wildman–Crippen MR) is 97.2 cm³/mol. The minimum atomic E-state index is -0.208. The largest absolute Gasteiger partial charge is 0.330 e. The van der Waals surface area contributed by atoms with Crippen molar-refractivity contribution in [1.29, 1.82) is 0 Å². The maximum atomic E-state index is 12.4. The van der Waals surface area contributed by atoms with E-state index in [0.717, 1.165) is 11.1 Å². The van der Waals surface area contributed by atoms with Crippen LogP contribution in [0.2, 0.25) is 0 Å². The lowest BCUT2D eigenvalue weighted by Gasteiger charge is -2.13. The van der Waals surface area contributed by atoms with Crippen LogP contribution in [0, 0.1) is 13.8 Å². The average Bonchev–Trinajstić information content (AvgIpc) is 2.55. The van der Waals surface area contributed by atoms with E-state index in [1.807, 2.05) is 44.2 Å². The molecule has 0 saturated heterocycles. The Morgan fingerprint density at radius 2 is 1.71 bits per heavy atom. The molecule has 126 valence electrons. The van der Waals surface area contributed by atoms with Crippen molar-refractivity contribution in [3.63, 3.8) is 0 Å². The van der Waals surface area contributed by atoms with Crippen LogP contribution in [0.15, 0.2) is 42.5 Å². The third kappa shape index (κ3) is 4.93. The van der Waals surface area contributed by atoms with E-state index in [1.54, 1.807) is 12.1 Å². The van der Waals surface area contributed by atoms with E-state index in [2.05, 4.69) is 10.6 Å². The summed E-state index contributed by atoms with van der Waals surface area (Å²) < 4.78 is 0. The van der Waals surface area contributed by atoms with Crippen molar-refractivity contribution in [2.24, 2.45) is 5.73 Å². The SMILES string of the molecule is Cc1cccc(C(=O)Nc2ccc(C)cc2NC(=O)CCCN)c1. The van der Waals surface area contributed by atoms with Crippen LogP contribution in [0.5, 0.6) is 0 Å². The molecule has 0 heterocycles.